The van der Waals surface area contributed by atoms with Gasteiger partial charge in [0, 0.05) is 5.38 Å². The smallest absolute Gasteiger partial charge is 0.413 e. The van der Waals surface area contributed by atoms with Crippen molar-refractivity contribution in [2.24, 2.45) is 11.5 Å². The van der Waals surface area contributed by atoms with Crippen molar-refractivity contribution in [3.05, 3.63) is 22.5 Å². The number of carbonyl (C=O) groups is 5. The van der Waals surface area contributed by atoms with E-state index in [4.69, 9.17) is 21.3 Å². The molecule has 0 aliphatic carbocycles. The number of β-lactam (4-membered cyclic amide) rings is 1. The number of nitrogens with one attached hydrogen (secondary N) is 2. The molecule has 184 valence electrons. The molecule has 0 radical (unpaired) electrons. The van der Waals surface area contributed by atoms with E-state index in [2.05, 4.69) is 20.4 Å². The molecule has 8 N–H and O–H groups in total. The Hall–Kier alpha value is -3.41. The molecule has 4 atom stereocenters. The van der Waals surface area contributed by atoms with Crippen LogP contribution in [-0.4, -0.2) is 80.4 Å². The normalized spacial score (nSPS) is 21.0. The molecule has 2 unspecified atom stereocenters. The number of carbonyl (C=O) groups excluding carboxylic acids is 3. The number of fused-ring (bicyclic) bond motifs is 1. The number of nitrogens with two attached hydrogens (primary N) is 2. The standard InChI is InChI=1S/C17H20N6O9S2/c1-31-11-10(15(28)29)23-7(24)2-8(23)34-13(11)21-12(25)9(19)6-4-33-16(20-6)22-17(30)32-3-5(18)14(26)27/h4-5,8-9,13H,2-3,18-19H2,1H3,(H,21,25)(H,26,27)(H,28,29)(H,20,22,30)/t5-,8+,9?,13?/m1/s1. The summed E-state index contributed by atoms with van der Waals surface area (Å²) in [6.45, 7) is -0.557. The fraction of sp³-hybridized carbons (Fsp3) is 0.412. The van der Waals surface area contributed by atoms with Gasteiger partial charge in [-0.15, -0.1) is 23.1 Å². The molecule has 1 fully saturated rings. The maximum atomic E-state index is 12.7. The SMILES string of the molecule is COC1=C(C(=O)O)N2C(=O)C[C@@H]2SC1NC(=O)C(N)c1csc(NC(=O)OC[C@@H](N)C(=O)O)n1. The molecule has 0 spiro atoms. The molecule has 3 rings (SSSR count). The fourth-order valence-electron chi connectivity index (χ4n) is 2.94. The largest absolute Gasteiger partial charge is 0.495 e. The first-order chi connectivity index (χ1) is 16.0. The van der Waals surface area contributed by atoms with Crippen LogP contribution in [0.15, 0.2) is 16.8 Å². The van der Waals surface area contributed by atoms with Gasteiger partial charge < -0.3 is 36.5 Å². The molecule has 3 heterocycles. The van der Waals surface area contributed by atoms with E-state index in [-0.39, 0.29) is 34.6 Å². The van der Waals surface area contributed by atoms with E-state index in [9.17, 15) is 29.1 Å². The Kier molecular flexibility index (Phi) is 7.60. The number of aliphatic carboxylic acids is 2. The molecule has 1 saturated heterocycles. The Morgan fingerprint density at radius 2 is 2.03 bits per heavy atom. The molecule has 1 aromatic rings. The van der Waals surface area contributed by atoms with Gasteiger partial charge >= 0.3 is 18.0 Å². The summed E-state index contributed by atoms with van der Waals surface area (Å²) in [6, 6.07) is -2.67. The zero-order valence-corrected chi connectivity index (χ0v) is 19.1. The number of aromatic nitrogens is 1. The Balaban J connectivity index is 1.64. The summed E-state index contributed by atoms with van der Waals surface area (Å²) in [6.07, 6.45) is -0.879. The Bertz CT molecular complexity index is 1060. The summed E-state index contributed by atoms with van der Waals surface area (Å²) in [7, 11) is 1.23. The maximum Gasteiger partial charge on any atom is 0.413 e. The molecular weight excluding hydrogens is 496 g/mol. The first-order valence-corrected chi connectivity index (χ1v) is 11.3. The number of thiazole rings is 1. The van der Waals surface area contributed by atoms with E-state index in [1.54, 1.807) is 0 Å². The van der Waals surface area contributed by atoms with E-state index in [1.165, 1.54) is 12.5 Å². The van der Waals surface area contributed by atoms with Crippen LogP contribution in [0.3, 0.4) is 0 Å². The molecule has 17 heteroatoms. The number of hydrogen-bond donors (Lipinski definition) is 6. The third kappa shape index (κ3) is 5.22. The van der Waals surface area contributed by atoms with Gasteiger partial charge in [-0.1, -0.05) is 0 Å². The Morgan fingerprint density at radius 3 is 2.62 bits per heavy atom. The van der Waals surface area contributed by atoms with Crippen molar-refractivity contribution in [2.45, 2.75) is 29.3 Å². The minimum atomic E-state index is -1.38. The monoisotopic (exact) mass is 516 g/mol. The lowest BCUT2D eigenvalue weighted by Crippen LogP contribution is -2.57. The van der Waals surface area contributed by atoms with Gasteiger partial charge in [0.05, 0.1) is 24.6 Å². The van der Waals surface area contributed by atoms with Crippen molar-refractivity contribution in [1.82, 2.24) is 15.2 Å². The molecule has 0 bridgehead atoms. The fourth-order valence-corrected chi connectivity index (χ4v) is 5.08. The van der Waals surface area contributed by atoms with Crippen LogP contribution in [0.1, 0.15) is 18.2 Å². The van der Waals surface area contributed by atoms with Gasteiger partial charge in [-0.25, -0.2) is 14.6 Å². The van der Waals surface area contributed by atoms with Crippen molar-refractivity contribution in [1.29, 1.82) is 0 Å². The average molecular weight is 517 g/mol. The molecule has 34 heavy (non-hydrogen) atoms. The predicted molar refractivity (Wildman–Crippen MR) is 116 cm³/mol. The van der Waals surface area contributed by atoms with Crippen molar-refractivity contribution >= 4 is 58.1 Å². The average Bonchev–Trinajstić information content (AvgIpc) is 3.23. The number of amides is 3. The van der Waals surface area contributed by atoms with Gasteiger partial charge in [-0.3, -0.25) is 24.6 Å². The third-order valence-electron chi connectivity index (χ3n) is 4.65. The van der Waals surface area contributed by atoms with Crippen LogP contribution in [-0.2, 0) is 28.7 Å². The Morgan fingerprint density at radius 1 is 1.32 bits per heavy atom. The highest BCUT2D eigenvalue weighted by Crippen LogP contribution is 2.43. The van der Waals surface area contributed by atoms with Crippen LogP contribution >= 0.6 is 23.1 Å². The molecule has 2 aliphatic rings. The number of carboxylic acid groups (broad SMARTS) is 2. The van der Waals surface area contributed by atoms with Crippen LogP contribution in [0, 0.1) is 0 Å². The summed E-state index contributed by atoms with van der Waals surface area (Å²) in [4.78, 5) is 63.7. The summed E-state index contributed by atoms with van der Waals surface area (Å²) in [5.41, 5.74) is 11.0. The lowest BCUT2D eigenvalue weighted by molar-refractivity contribution is -0.146. The molecule has 15 nitrogen and oxygen atoms in total. The van der Waals surface area contributed by atoms with Crippen LogP contribution in [0.25, 0.3) is 0 Å². The third-order valence-corrected chi connectivity index (χ3v) is 6.72. The van der Waals surface area contributed by atoms with E-state index >= 15 is 0 Å². The number of nitrogens with zero attached hydrogens (tertiary/aromatic N) is 2. The first-order valence-electron chi connectivity index (χ1n) is 9.46. The molecule has 0 saturated carbocycles. The lowest BCUT2D eigenvalue weighted by atomic mass is 10.1. The second-order valence-corrected chi connectivity index (χ2v) is 9.04. The zero-order valence-electron chi connectivity index (χ0n) is 17.4. The number of carboxylic acids is 2. The van der Waals surface area contributed by atoms with Crippen LogP contribution in [0.2, 0.25) is 0 Å². The second kappa shape index (κ2) is 10.2. The highest BCUT2D eigenvalue weighted by atomic mass is 32.2. The first kappa shape index (κ1) is 25.2. The molecule has 3 amide bonds. The van der Waals surface area contributed by atoms with Gasteiger partial charge in [0.15, 0.2) is 16.6 Å². The number of anilines is 1. The number of ether oxygens (including phenoxy) is 2. The zero-order chi connectivity index (χ0) is 25.2. The molecule has 0 aromatic carbocycles. The molecule has 1 aromatic heterocycles. The van der Waals surface area contributed by atoms with Crippen molar-refractivity contribution in [3.8, 4) is 0 Å². The quantitative estimate of drug-likeness (QED) is 0.212. The molecular formula is C17H20N6O9S2. The van der Waals surface area contributed by atoms with Crippen molar-refractivity contribution in [3.63, 3.8) is 0 Å². The molecule has 2 aliphatic heterocycles. The van der Waals surface area contributed by atoms with E-state index in [0.717, 1.165) is 28.0 Å². The number of methoxy groups -OCH3 is 1. The van der Waals surface area contributed by atoms with Crippen LogP contribution in [0.5, 0.6) is 0 Å². The van der Waals surface area contributed by atoms with E-state index in [1.807, 2.05) is 0 Å². The summed E-state index contributed by atoms with van der Waals surface area (Å²) in [5, 5.41) is 23.1. The predicted octanol–water partition coefficient (Wildman–Crippen LogP) is -1.21. The van der Waals surface area contributed by atoms with E-state index in [0.29, 0.717) is 0 Å². The number of thioether (sulfide) groups is 1. The van der Waals surface area contributed by atoms with Crippen molar-refractivity contribution < 1.29 is 43.7 Å². The minimum absolute atomic E-state index is 0.0356. The topological polar surface area (TPSA) is 236 Å². The summed E-state index contributed by atoms with van der Waals surface area (Å²) < 4.78 is 9.85. The van der Waals surface area contributed by atoms with Gasteiger partial charge in [0.1, 0.15) is 24.1 Å². The summed E-state index contributed by atoms with van der Waals surface area (Å²) in [5.74, 6) is -3.88. The number of rotatable bonds is 9. The van der Waals surface area contributed by atoms with Crippen LogP contribution < -0.4 is 22.1 Å². The number of hydrogen-bond acceptors (Lipinski definition) is 12. The van der Waals surface area contributed by atoms with E-state index < -0.39 is 53.4 Å². The maximum absolute atomic E-state index is 12.7. The highest BCUT2D eigenvalue weighted by molar-refractivity contribution is 8.00. The van der Waals surface area contributed by atoms with Crippen LogP contribution in [0.4, 0.5) is 9.93 Å². The van der Waals surface area contributed by atoms with Crippen molar-refractivity contribution in [2.75, 3.05) is 19.0 Å². The van der Waals surface area contributed by atoms with Gasteiger partial charge in [-0.05, 0) is 0 Å². The minimum Gasteiger partial charge on any atom is -0.495 e. The lowest BCUT2D eigenvalue weighted by Gasteiger charge is -2.45. The Labute approximate surface area is 199 Å². The van der Waals surface area contributed by atoms with Gasteiger partial charge in [0.2, 0.25) is 11.8 Å². The van der Waals surface area contributed by atoms with Gasteiger partial charge in [0.25, 0.3) is 0 Å². The van der Waals surface area contributed by atoms with Gasteiger partial charge in [-0.2, -0.15) is 0 Å². The summed E-state index contributed by atoms with van der Waals surface area (Å²) >= 11 is 2.07. The second-order valence-electron chi connectivity index (χ2n) is 6.89. The highest BCUT2D eigenvalue weighted by Gasteiger charge is 2.50.